The molecular formula is C84H93ClF4N12O21S. The Balaban J connectivity index is 0.00000217. The molecule has 0 aliphatic carbocycles. The number of aliphatic hydroxyl groups excluding tert-OH is 3. The van der Waals surface area contributed by atoms with Gasteiger partial charge in [0.1, 0.15) is 90.3 Å². The first-order valence-electron chi connectivity index (χ1n) is 39.0. The Morgan fingerprint density at radius 2 is 1.50 bits per heavy atom. The van der Waals surface area contributed by atoms with Gasteiger partial charge in [0.15, 0.2) is 11.9 Å². The van der Waals surface area contributed by atoms with Gasteiger partial charge < -0.3 is 95.3 Å². The third kappa shape index (κ3) is 25.0. The number of carbonyl (C=O) groups excluding carboxylic acids is 7. The summed E-state index contributed by atoms with van der Waals surface area (Å²) in [5, 5.41) is 73.5. The van der Waals surface area contributed by atoms with Gasteiger partial charge in [-0.1, -0.05) is 80.0 Å². The van der Waals surface area contributed by atoms with Gasteiger partial charge in [-0.25, -0.2) is 38.7 Å². The van der Waals surface area contributed by atoms with Crippen molar-refractivity contribution in [3.8, 4) is 56.1 Å². The van der Waals surface area contributed by atoms with Crippen LogP contribution in [0, 0.1) is 18.7 Å². The van der Waals surface area contributed by atoms with E-state index in [1.54, 1.807) is 87.8 Å². The van der Waals surface area contributed by atoms with Crippen molar-refractivity contribution in [1.29, 1.82) is 0 Å². The number of hydrogen-bond donors (Lipinski definition) is 10. The number of aromatic nitrogens is 4. The fraction of sp³-hybridized carbons (Fsp3) is 0.393. The molecule has 7 amide bonds. The van der Waals surface area contributed by atoms with Crippen LogP contribution in [0.25, 0.3) is 43.2 Å². The van der Waals surface area contributed by atoms with Crippen molar-refractivity contribution in [2.45, 2.75) is 127 Å². The van der Waals surface area contributed by atoms with E-state index >= 15 is 0 Å². The lowest BCUT2D eigenvalue weighted by molar-refractivity contribution is -0.926. The van der Waals surface area contributed by atoms with Gasteiger partial charge in [-0.05, 0) is 121 Å². The first-order chi connectivity index (χ1) is 58.6. The Hall–Kier alpha value is -11.9. The first kappa shape index (κ1) is 93.4. The third-order valence-corrected chi connectivity index (χ3v) is 22.3. The molecule has 39 heteroatoms. The number of carbonyl (C=O) groups is 9. The lowest BCUT2D eigenvalue weighted by Gasteiger charge is -2.42. The Bertz CT molecular complexity index is 5140. The molecule has 3 aromatic heterocycles. The Morgan fingerprint density at radius 1 is 0.797 bits per heavy atom. The molecule has 0 unspecified atom stereocenters. The van der Waals surface area contributed by atoms with Crippen LogP contribution in [0.5, 0.6) is 23.1 Å². The SMILES string of the molecule is COc1ccccc1-c1nccc(COc2ccccc2C[C@@H](Oc2ncnc3sc(-c4ccc(F)cc4)c(-c4ccc(OCCN5CC[N+](C)(Cc6ccc(NC(=O)[C@H](CCCNC(N)=O)NC(=O)[C@@H](NC(=O)CCOCCN7C(=O)C=CC7=O)C(C)C)cc6CC[C@@H]6O[C@H](C(=O)O)[C@@H](O)[C@H](O)[C@H]6O)CC5)c(Cl)c4C)c23)C(=O)O)n1.O=C([O-])C(F)(F)F. The number of thiophene rings is 1. The number of fused-ring (bicyclic) bond motifs is 1. The number of nitrogens with two attached hydrogens (primary N) is 1. The number of ether oxygens (including phenoxy) is 6. The third-order valence-electron chi connectivity index (χ3n) is 20.7. The van der Waals surface area contributed by atoms with Crippen LogP contribution in [-0.4, -0.2) is 248 Å². The Labute approximate surface area is 711 Å². The number of nitrogens with one attached hydrogen (secondary N) is 4. The predicted octanol–water partition coefficient (Wildman–Crippen LogP) is 6.10. The van der Waals surface area contributed by atoms with Crippen molar-refractivity contribution < 1.29 is 124 Å². The number of likely N-dealkylation sites (N-methyl/N-ethyl adjacent to an activating group) is 1. The summed E-state index contributed by atoms with van der Waals surface area (Å²) in [5.74, 6) is -7.72. The summed E-state index contributed by atoms with van der Waals surface area (Å²) in [6.07, 6.45) is -9.94. The molecule has 11 rings (SSSR count). The van der Waals surface area contributed by atoms with Gasteiger partial charge in [-0.15, -0.1) is 11.3 Å². The lowest BCUT2D eigenvalue weighted by Crippen LogP contribution is -2.59. The summed E-state index contributed by atoms with van der Waals surface area (Å²) in [7, 11) is 3.67. The van der Waals surface area contributed by atoms with Crippen molar-refractivity contribution in [2.24, 2.45) is 11.7 Å². The average molecular weight is 1750 g/mol. The second-order valence-corrected chi connectivity index (χ2v) is 31.1. The molecule has 656 valence electrons. The maximum absolute atomic E-state index is 14.6. The van der Waals surface area contributed by atoms with Crippen LogP contribution < -0.4 is 51.1 Å². The van der Waals surface area contributed by atoms with Gasteiger partial charge in [-0.3, -0.25) is 33.8 Å². The molecule has 2 saturated heterocycles. The number of quaternary nitrogens is 1. The number of primary amides is 1. The van der Waals surface area contributed by atoms with Crippen molar-refractivity contribution >= 4 is 92.3 Å². The molecule has 0 spiro atoms. The van der Waals surface area contributed by atoms with E-state index in [-0.39, 0.29) is 83.9 Å². The van der Waals surface area contributed by atoms with E-state index in [0.717, 1.165) is 22.6 Å². The molecule has 2 fully saturated rings. The summed E-state index contributed by atoms with van der Waals surface area (Å²) < 4.78 is 82.6. The number of rotatable bonds is 38. The fourth-order valence-corrected chi connectivity index (χ4v) is 15.4. The fourth-order valence-electron chi connectivity index (χ4n) is 14.0. The maximum Gasteiger partial charge on any atom is 0.430 e. The molecule has 33 nitrogen and oxygen atoms in total. The zero-order chi connectivity index (χ0) is 89.0. The van der Waals surface area contributed by atoms with E-state index in [1.165, 1.54) is 29.8 Å². The van der Waals surface area contributed by atoms with Gasteiger partial charge in [0.25, 0.3) is 11.8 Å². The van der Waals surface area contributed by atoms with E-state index in [4.69, 9.17) is 60.6 Å². The van der Waals surface area contributed by atoms with Crippen LogP contribution in [0.1, 0.15) is 67.5 Å². The number of carboxylic acids is 3. The number of amides is 7. The van der Waals surface area contributed by atoms with Gasteiger partial charge in [0, 0.05) is 79.1 Å². The number of para-hydroxylation sites is 2. The molecule has 3 aliphatic heterocycles. The molecule has 8 atom stereocenters. The average Bonchev–Trinajstić information content (AvgIpc) is 1.60. The number of alkyl halides is 3. The largest absolute Gasteiger partial charge is 0.542 e. The van der Waals surface area contributed by atoms with Crippen LogP contribution in [0.3, 0.4) is 0 Å². The smallest absolute Gasteiger partial charge is 0.430 e. The summed E-state index contributed by atoms with van der Waals surface area (Å²) in [5.41, 5.74) is 11.4. The number of imide groups is 1. The van der Waals surface area contributed by atoms with Crippen LogP contribution in [0.2, 0.25) is 5.02 Å². The molecule has 5 aromatic carbocycles. The number of halogens is 5. The van der Waals surface area contributed by atoms with Crippen molar-refractivity contribution in [3.63, 3.8) is 0 Å². The predicted molar refractivity (Wildman–Crippen MR) is 436 cm³/mol. The number of benzene rings is 5. The number of urea groups is 1. The molecule has 11 N–H and O–H groups in total. The second kappa shape index (κ2) is 42.8. The first-order valence-corrected chi connectivity index (χ1v) is 40.2. The number of aliphatic carboxylic acids is 3. The summed E-state index contributed by atoms with van der Waals surface area (Å²) in [4.78, 5) is 134. The Morgan fingerprint density at radius 3 is 2.17 bits per heavy atom. The number of methoxy groups -OCH3 is 1. The van der Waals surface area contributed by atoms with E-state index in [9.17, 15) is 81.5 Å². The number of aryl methyl sites for hydroxylation is 1. The highest BCUT2D eigenvalue weighted by Gasteiger charge is 2.47. The van der Waals surface area contributed by atoms with Crippen molar-refractivity contribution in [2.75, 3.05) is 85.1 Å². The van der Waals surface area contributed by atoms with Gasteiger partial charge in [-0.2, -0.15) is 13.2 Å². The highest BCUT2D eigenvalue weighted by Crippen LogP contribution is 2.50. The topological polar surface area (TPSA) is 465 Å². The number of carboxylic acid groups (broad SMARTS) is 3. The van der Waals surface area contributed by atoms with Crippen LogP contribution in [0.15, 0.2) is 134 Å². The van der Waals surface area contributed by atoms with Crippen LogP contribution >= 0.6 is 22.9 Å². The molecule has 0 saturated carbocycles. The van der Waals surface area contributed by atoms with Crippen LogP contribution in [-0.2, 0) is 73.8 Å². The number of anilines is 1. The molecule has 6 heterocycles. The van der Waals surface area contributed by atoms with E-state index in [2.05, 4.69) is 48.2 Å². The number of aliphatic hydroxyl groups is 3. The lowest BCUT2D eigenvalue weighted by atomic mass is 9.90. The van der Waals surface area contributed by atoms with Gasteiger partial charge >= 0.3 is 24.1 Å². The minimum absolute atomic E-state index is 0.00651. The summed E-state index contributed by atoms with van der Waals surface area (Å²) >= 11 is 8.59. The normalized spacial score (nSPS) is 17.7. The standard InChI is InChI=1S/C82H92ClFN12O19S.C2HF3O2/c1-46(2)69(93-63(97)29-38-111-39-35-95-64(98)26-27-65(95)99)77(104)92-57(13-10-30-87-82(85)109)76(103)91-53-22-18-51(49(41-53)19-24-61-70(100)71(101)72(102)73(114-61)81(107)108)43-96(4)36-32-94(33-37-96)34-40-112-60-25-23-55(47(3)68(60)83)66-67-78(88-45-89-79(67)116-74(66)48-16-20-52(84)21-17-48)115-62(80(105)106)42-50-11-6-8-14-58(50)113-44-54-28-31-86-75(90-54)56-12-7-9-15-59(56)110-5;3-2(4,5)1(6)7/h6-9,11-12,14-18,20-23,25-28,31,41,45-46,57,61-62,69-73,100-102H,10,13,19,24,29-30,32-40,42-44H2,1-5H3,(H7-,85,87,91,92,93,97,103,104,105,106,107,108,109);(H,6,7)/t57-,61-,62+,69-,70-,71+,72-,73-;/m0./s1. The summed E-state index contributed by atoms with van der Waals surface area (Å²) in [6.45, 7) is 9.02. The number of hydrogen-bond acceptors (Lipinski definition) is 25. The highest BCUT2D eigenvalue weighted by atomic mass is 35.5. The monoisotopic (exact) mass is 1750 g/mol. The zero-order valence-electron chi connectivity index (χ0n) is 67.4. The minimum atomic E-state index is -5.19. The van der Waals surface area contributed by atoms with E-state index < -0.39 is 120 Å². The zero-order valence-corrected chi connectivity index (χ0v) is 69.0. The maximum atomic E-state index is 14.6. The highest BCUT2D eigenvalue weighted by molar-refractivity contribution is 7.22. The second-order valence-electron chi connectivity index (χ2n) is 29.8. The van der Waals surface area contributed by atoms with E-state index in [0.29, 0.717) is 137 Å². The Kier molecular flexibility index (Phi) is 32.5. The molecule has 123 heavy (non-hydrogen) atoms. The summed E-state index contributed by atoms with van der Waals surface area (Å²) in [6, 6.07) is 27.8. The molecule has 3 aliphatic rings. The minimum Gasteiger partial charge on any atom is -0.542 e. The number of nitrogens with zero attached hydrogens (tertiary/aromatic N) is 7. The van der Waals surface area contributed by atoms with Gasteiger partial charge in [0.2, 0.25) is 29.7 Å². The van der Waals surface area contributed by atoms with Gasteiger partial charge in [0.05, 0.1) is 74.8 Å². The van der Waals surface area contributed by atoms with E-state index in [1.807, 2.05) is 43.3 Å². The van der Waals surface area contributed by atoms with Crippen molar-refractivity contribution in [1.82, 2.24) is 45.7 Å². The molecule has 0 bridgehead atoms. The number of piperazine rings is 1. The quantitative estimate of drug-likeness (QED) is 0.00904. The van der Waals surface area contributed by atoms with Crippen molar-refractivity contribution in [3.05, 3.63) is 173 Å². The molecule has 0 radical (unpaired) electrons. The molecule has 8 aromatic rings. The molecular weight excluding hydrogens is 1660 g/mol. The van der Waals surface area contributed by atoms with Crippen LogP contribution in [0.4, 0.5) is 28.0 Å².